The van der Waals surface area contributed by atoms with Gasteiger partial charge >= 0.3 is 5.97 Å². The first-order chi connectivity index (χ1) is 11.5. The number of benzene rings is 1. The summed E-state index contributed by atoms with van der Waals surface area (Å²) in [7, 11) is 0. The van der Waals surface area contributed by atoms with Crippen molar-refractivity contribution in [1.29, 1.82) is 0 Å². The molecule has 1 N–H and O–H groups in total. The van der Waals surface area contributed by atoms with Gasteiger partial charge < -0.3 is 10.1 Å². The third-order valence-electron chi connectivity index (χ3n) is 3.87. The van der Waals surface area contributed by atoms with Crippen LogP contribution in [0.25, 0.3) is 5.69 Å². The van der Waals surface area contributed by atoms with Gasteiger partial charge in [0.25, 0.3) is 5.91 Å². The Morgan fingerprint density at radius 3 is 2.50 bits per heavy atom. The maximum absolute atomic E-state index is 12.1. The second kappa shape index (κ2) is 7.77. The molecule has 0 saturated heterocycles. The fourth-order valence-electron chi connectivity index (χ4n) is 2.24. The minimum atomic E-state index is -0.384. The van der Waals surface area contributed by atoms with E-state index in [0.717, 1.165) is 12.1 Å². The fourth-order valence-corrected chi connectivity index (χ4v) is 2.24. The van der Waals surface area contributed by atoms with Gasteiger partial charge in [0.2, 0.25) is 0 Å². The molecule has 0 spiro atoms. The summed E-state index contributed by atoms with van der Waals surface area (Å²) < 4.78 is 6.67. The van der Waals surface area contributed by atoms with Crippen molar-refractivity contribution >= 4 is 11.9 Å². The van der Waals surface area contributed by atoms with Gasteiger partial charge in [0.15, 0.2) is 0 Å². The molecule has 0 aliphatic rings. The second-order valence-electron chi connectivity index (χ2n) is 5.61. The van der Waals surface area contributed by atoms with Crippen molar-refractivity contribution in [2.75, 3.05) is 6.61 Å². The number of amides is 1. The molecular formula is C18H23N3O3. The molecule has 0 aliphatic heterocycles. The summed E-state index contributed by atoms with van der Waals surface area (Å²) in [6, 6.07) is 7.25. The van der Waals surface area contributed by atoms with Crippen LogP contribution in [0.4, 0.5) is 0 Å². The van der Waals surface area contributed by atoms with E-state index in [4.69, 9.17) is 4.74 Å². The lowest BCUT2D eigenvalue weighted by atomic mass is 10.1. The average molecular weight is 329 g/mol. The van der Waals surface area contributed by atoms with Crippen LogP contribution in [0.15, 0.2) is 30.5 Å². The molecule has 128 valence electrons. The summed E-state index contributed by atoms with van der Waals surface area (Å²) >= 11 is 0. The van der Waals surface area contributed by atoms with Crippen LogP contribution in [-0.4, -0.2) is 34.3 Å². The quantitative estimate of drug-likeness (QED) is 0.827. The van der Waals surface area contributed by atoms with Gasteiger partial charge in [0.05, 0.1) is 24.2 Å². The molecule has 0 saturated carbocycles. The Bertz CT molecular complexity index is 720. The summed E-state index contributed by atoms with van der Waals surface area (Å²) in [5, 5.41) is 7.17. The van der Waals surface area contributed by atoms with Gasteiger partial charge in [-0.1, -0.05) is 6.92 Å². The highest BCUT2D eigenvalue weighted by Crippen LogP contribution is 2.16. The van der Waals surface area contributed by atoms with E-state index in [0.29, 0.717) is 23.4 Å². The van der Waals surface area contributed by atoms with Crippen LogP contribution in [0, 0.1) is 6.92 Å². The summed E-state index contributed by atoms with van der Waals surface area (Å²) in [4.78, 5) is 24.0. The van der Waals surface area contributed by atoms with Crippen molar-refractivity contribution in [1.82, 2.24) is 15.1 Å². The Hall–Kier alpha value is -2.63. The van der Waals surface area contributed by atoms with Gasteiger partial charge in [-0.15, -0.1) is 0 Å². The summed E-state index contributed by atoms with van der Waals surface area (Å²) in [5.74, 6) is -0.480. The van der Waals surface area contributed by atoms with Crippen LogP contribution in [0.1, 0.15) is 53.6 Å². The Balaban J connectivity index is 2.19. The molecule has 1 atom stereocenters. The van der Waals surface area contributed by atoms with Crippen LogP contribution in [0.5, 0.6) is 0 Å². The SMILES string of the molecule is CCOC(=O)c1cnn(-c2ccc(C(=O)NC(C)CC)cc2)c1C. The zero-order valence-electron chi connectivity index (χ0n) is 14.5. The molecule has 1 aromatic heterocycles. The van der Waals surface area contributed by atoms with E-state index in [2.05, 4.69) is 10.4 Å². The van der Waals surface area contributed by atoms with Crippen molar-refractivity contribution in [3.63, 3.8) is 0 Å². The maximum atomic E-state index is 12.1. The highest BCUT2D eigenvalue weighted by molar-refractivity contribution is 5.94. The van der Waals surface area contributed by atoms with Crippen molar-refractivity contribution in [2.24, 2.45) is 0 Å². The van der Waals surface area contributed by atoms with E-state index < -0.39 is 0 Å². The van der Waals surface area contributed by atoms with Crippen LogP contribution >= 0.6 is 0 Å². The molecule has 0 bridgehead atoms. The van der Waals surface area contributed by atoms with E-state index >= 15 is 0 Å². The van der Waals surface area contributed by atoms with Crippen molar-refractivity contribution in [2.45, 2.75) is 40.2 Å². The third kappa shape index (κ3) is 3.82. The van der Waals surface area contributed by atoms with E-state index in [-0.39, 0.29) is 17.9 Å². The predicted octanol–water partition coefficient (Wildman–Crippen LogP) is 2.89. The number of rotatable bonds is 6. The largest absolute Gasteiger partial charge is 0.462 e. The van der Waals surface area contributed by atoms with E-state index in [1.54, 1.807) is 35.9 Å². The Kier molecular flexibility index (Phi) is 5.73. The number of nitrogens with one attached hydrogen (secondary N) is 1. The number of ether oxygens (including phenoxy) is 1. The molecule has 6 heteroatoms. The molecular weight excluding hydrogens is 306 g/mol. The fraction of sp³-hybridized carbons (Fsp3) is 0.389. The van der Waals surface area contributed by atoms with E-state index in [9.17, 15) is 9.59 Å². The molecule has 1 aromatic carbocycles. The van der Waals surface area contributed by atoms with Crippen molar-refractivity contribution < 1.29 is 14.3 Å². The maximum Gasteiger partial charge on any atom is 0.341 e. The van der Waals surface area contributed by atoms with Gasteiger partial charge in [-0.25, -0.2) is 9.48 Å². The van der Waals surface area contributed by atoms with E-state index in [1.807, 2.05) is 20.8 Å². The van der Waals surface area contributed by atoms with Gasteiger partial charge in [-0.3, -0.25) is 4.79 Å². The highest BCUT2D eigenvalue weighted by Gasteiger charge is 2.16. The number of carbonyl (C=O) groups excluding carboxylic acids is 2. The summed E-state index contributed by atoms with van der Waals surface area (Å²) in [6.07, 6.45) is 2.38. The molecule has 1 amide bonds. The Labute approximate surface area is 141 Å². The summed E-state index contributed by atoms with van der Waals surface area (Å²) in [5.41, 5.74) is 2.51. The van der Waals surface area contributed by atoms with Gasteiger partial charge in [-0.05, 0) is 51.5 Å². The molecule has 6 nitrogen and oxygen atoms in total. The minimum Gasteiger partial charge on any atom is -0.462 e. The number of hydrogen-bond acceptors (Lipinski definition) is 4. The first-order valence-corrected chi connectivity index (χ1v) is 8.10. The Morgan fingerprint density at radius 1 is 1.25 bits per heavy atom. The van der Waals surface area contributed by atoms with Gasteiger partial charge in [0.1, 0.15) is 5.56 Å². The molecule has 0 radical (unpaired) electrons. The molecule has 0 fully saturated rings. The highest BCUT2D eigenvalue weighted by atomic mass is 16.5. The zero-order chi connectivity index (χ0) is 17.7. The standard InChI is InChI=1S/C18H23N3O3/c1-5-12(3)20-17(22)14-7-9-15(10-8-14)21-13(4)16(11-19-21)18(23)24-6-2/h7-12H,5-6H2,1-4H3,(H,20,22). The lowest BCUT2D eigenvalue weighted by molar-refractivity contribution is 0.0525. The Morgan fingerprint density at radius 2 is 1.92 bits per heavy atom. The first kappa shape index (κ1) is 17.7. The number of nitrogens with zero attached hydrogens (tertiary/aromatic N) is 2. The summed E-state index contributed by atoms with van der Waals surface area (Å²) in [6.45, 7) is 7.89. The van der Waals surface area contributed by atoms with E-state index in [1.165, 1.54) is 6.20 Å². The van der Waals surface area contributed by atoms with Gasteiger partial charge in [0, 0.05) is 11.6 Å². The third-order valence-corrected chi connectivity index (χ3v) is 3.87. The van der Waals surface area contributed by atoms with Crippen LogP contribution in [0.2, 0.25) is 0 Å². The van der Waals surface area contributed by atoms with Crippen LogP contribution in [0.3, 0.4) is 0 Å². The molecule has 2 aromatic rings. The predicted molar refractivity (Wildman–Crippen MR) is 91.5 cm³/mol. The molecule has 0 aliphatic carbocycles. The number of aromatic nitrogens is 2. The first-order valence-electron chi connectivity index (χ1n) is 8.10. The number of hydrogen-bond donors (Lipinski definition) is 1. The average Bonchev–Trinajstić information content (AvgIpc) is 2.96. The zero-order valence-corrected chi connectivity index (χ0v) is 14.5. The lowest BCUT2D eigenvalue weighted by Gasteiger charge is -2.12. The minimum absolute atomic E-state index is 0.0969. The van der Waals surface area contributed by atoms with Crippen LogP contribution in [-0.2, 0) is 4.74 Å². The van der Waals surface area contributed by atoms with Crippen LogP contribution < -0.4 is 5.32 Å². The monoisotopic (exact) mass is 329 g/mol. The molecule has 1 heterocycles. The second-order valence-corrected chi connectivity index (χ2v) is 5.61. The van der Waals surface area contributed by atoms with Crippen molar-refractivity contribution in [3.05, 3.63) is 47.3 Å². The number of esters is 1. The smallest absolute Gasteiger partial charge is 0.341 e. The van der Waals surface area contributed by atoms with Crippen molar-refractivity contribution in [3.8, 4) is 5.69 Å². The lowest BCUT2D eigenvalue weighted by Crippen LogP contribution is -2.31. The number of carbonyl (C=O) groups is 2. The topological polar surface area (TPSA) is 73.2 Å². The van der Waals surface area contributed by atoms with Gasteiger partial charge in [-0.2, -0.15) is 5.10 Å². The molecule has 1 unspecified atom stereocenters. The normalized spacial score (nSPS) is 11.8. The molecule has 2 rings (SSSR count). The molecule has 24 heavy (non-hydrogen) atoms.